The minimum absolute atomic E-state index is 0.254. The number of carbonyl (C=O) groups is 1. The van der Waals surface area contributed by atoms with Crippen molar-refractivity contribution in [1.82, 2.24) is 25.6 Å². The molecule has 9 nitrogen and oxygen atoms in total. The molecular formula is C19H16N6O3. The molecule has 0 aliphatic rings. The topological polar surface area (TPSA) is 119 Å². The normalized spacial score (nSPS) is 10.6. The third-order valence-electron chi connectivity index (χ3n) is 4.12. The second-order valence-electron chi connectivity index (χ2n) is 5.89. The van der Waals surface area contributed by atoms with Crippen LogP contribution < -0.4 is 10.1 Å². The first kappa shape index (κ1) is 17.4. The van der Waals surface area contributed by atoms with Gasteiger partial charge in [0.1, 0.15) is 28.4 Å². The number of aromatic nitrogens is 5. The first-order chi connectivity index (χ1) is 13.7. The minimum Gasteiger partial charge on any atom is -0.479 e. The monoisotopic (exact) mass is 376 g/mol. The molecule has 0 spiro atoms. The maximum atomic E-state index is 13.0. The molecule has 0 aliphatic heterocycles. The number of hydrogen-bond donors (Lipinski definition) is 2. The third-order valence-corrected chi connectivity index (χ3v) is 4.12. The molecule has 4 rings (SSSR count). The molecule has 2 N–H and O–H groups in total. The lowest BCUT2D eigenvalue weighted by Gasteiger charge is -2.10. The summed E-state index contributed by atoms with van der Waals surface area (Å²) in [6, 6.07) is 12.8. The molecule has 3 aromatic heterocycles. The first-order valence-corrected chi connectivity index (χ1v) is 8.41. The minimum atomic E-state index is -0.369. The average Bonchev–Trinajstić information content (AvgIpc) is 3.39. The molecule has 1 aromatic carbocycles. The van der Waals surface area contributed by atoms with Gasteiger partial charge in [-0.25, -0.2) is 4.98 Å². The van der Waals surface area contributed by atoms with Crippen LogP contribution in [-0.2, 0) is 0 Å². The summed E-state index contributed by atoms with van der Waals surface area (Å²) in [6.07, 6.45) is 1.55. The van der Waals surface area contributed by atoms with Gasteiger partial charge >= 0.3 is 0 Å². The Morgan fingerprint density at radius 1 is 1.14 bits per heavy atom. The zero-order valence-electron chi connectivity index (χ0n) is 15.1. The Kier molecular flexibility index (Phi) is 4.55. The number of pyridine rings is 1. The van der Waals surface area contributed by atoms with Crippen LogP contribution in [0.2, 0.25) is 0 Å². The number of hydrogen-bond acceptors (Lipinski definition) is 7. The van der Waals surface area contributed by atoms with Crippen molar-refractivity contribution in [2.45, 2.75) is 6.92 Å². The Morgan fingerprint density at radius 3 is 2.68 bits per heavy atom. The molecule has 0 unspecified atom stereocenters. The summed E-state index contributed by atoms with van der Waals surface area (Å²) in [5.74, 6) is 0.304. The van der Waals surface area contributed by atoms with Gasteiger partial charge < -0.3 is 14.6 Å². The number of nitrogens with one attached hydrogen (secondary N) is 2. The van der Waals surface area contributed by atoms with Gasteiger partial charge in [0, 0.05) is 5.56 Å². The van der Waals surface area contributed by atoms with Gasteiger partial charge in [0.25, 0.3) is 5.91 Å². The summed E-state index contributed by atoms with van der Waals surface area (Å²) in [6.45, 7) is 1.69. The molecule has 0 bridgehead atoms. The van der Waals surface area contributed by atoms with E-state index < -0.39 is 0 Å². The molecule has 140 valence electrons. The van der Waals surface area contributed by atoms with Gasteiger partial charge in [0.2, 0.25) is 5.88 Å². The van der Waals surface area contributed by atoms with Gasteiger partial charge in [-0.1, -0.05) is 35.5 Å². The fourth-order valence-corrected chi connectivity index (χ4v) is 2.78. The van der Waals surface area contributed by atoms with Gasteiger partial charge in [0.15, 0.2) is 0 Å². The van der Waals surface area contributed by atoms with E-state index in [1.54, 1.807) is 25.3 Å². The zero-order valence-corrected chi connectivity index (χ0v) is 15.1. The molecule has 0 saturated heterocycles. The van der Waals surface area contributed by atoms with Crippen LogP contribution in [0.4, 0.5) is 5.69 Å². The largest absolute Gasteiger partial charge is 0.479 e. The van der Waals surface area contributed by atoms with Gasteiger partial charge in [0.05, 0.1) is 19.0 Å². The summed E-state index contributed by atoms with van der Waals surface area (Å²) in [5, 5.41) is 17.1. The van der Waals surface area contributed by atoms with Crippen LogP contribution in [0.5, 0.6) is 5.88 Å². The Hall–Kier alpha value is -4.01. The quantitative estimate of drug-likeness (QED) is 0.549. The molecule has 0 atom stereocenters. The van der Waals surface area contributed by atoms with Crippen molar-refractivity contribution >= 4 is 11.6 Å². The average molecular weight is 376 g/mol. The number of methoxy groups -OCH3 is 1. The number of H-pyrrole nitrogens is 1. The number of aryl methyl sites for hydroxylation is 1. The summed E-state index contributed by atoms with van der Waals surface area (Å²) in [5.41, 5.74) is 3.16. The van der Waals surface area contributed by atoms with Crippen molar-refractivity contribution in [3.8, 4) is 28.5 Å². The van der Waals surface area contributed by atoms with Gasteiger partial charge in [-0.15, -0.1) is 0 Å². The van der Waals surface area contributed by atoms with Crippen LogP contribution >= 0.6 is 0 Å². The van der Waals surface area contributed by atoms with Crippen molar-refractivity contribution in [2.24, 2.45) is 0 Å². The van der Waals surface area contributed by atoms with E-state index in [1.165, 1.54) is 7.11 Å². The van der Waals surface area contributed by atoms with Crippen LogP contribution in [0, 0.1) is 6.92 Å². The lowest BCUT2D eigenvalue weighted by molar-refractivity contribution is 0.102. The second kappa shape index (κ2) is 7.31. The molecule has 9 heteroatoms. The van der Waals surface area contributed by atoms with Crippen LogP contribution in [-0.4, -0.2) is 38.6 Å². The number of aromatic amines is 1. The predicted octanol–water partition coefficient (Wildman–Crippen LogP) is 3.09. The summed E-state index contributed by atoms with van der Waals surface area (Å²) in [7, 11) is 1.48. The van der Waals surface area contributed by atoms with E-state index in [1.807, 2.05) is 30.3 Å². The van der Waals surface area contributed by atoms with Crippen LogP contribution in [0.15, 0.2) is 53.2 Å². The molecule has 0 radical (unpaired) electrons. The van der Waals surface area contributed by atoms with Gasteiger partial charge in [-0.05, 0) is 19.1 Å². The third kappa shape index (κ3) is 3.20. The first-order valence-electron chi connectivity index (χ1n) is 8.41. The fraction of sp³-hybridized carbons (Fsp3) is 0.105. The smallest absolute Gasteiger partial charge is 0.261 e. The molecule has 0 aliphatic carbocycles. The summed E-state index contributed by atoms with van der Waals surface area (Å²) < 4.78 is 10.6. The highest BCUT2D eigenvalue weighted by molar-refractivity contribution is 6.09. The molecule has 3 heterocycles. The van der Waals surface area contributed by atoms with E-state index in [-0.39, 0.29) is 11.8 Å². The van der Waals surface area contributed by atoms with E-state index in [0.29, 0.717) is 34.1 Å². The number of benzene rings is 1. The number of rotatable bonds is 5. The molecular weight excluding hydrogens is 360 g/mol. The number of anilines is 1. The van der Waals surface area contributed by atoms with E-state index >= 15 is 0 Å². The maximum absolute atomic E-state index is 13.0. The van der Waals surface area contributed by atoms with Crippen LogP contribution in [0.25, 0.3) is 22.6 Å². The molecule has 0 fully saturated rings. The van der Waals surface area contributed by atoms with E-state index in [0.717, 1.165) is 5.56 Å². The highest BCUT2D eigenvalue weighted by Crippen LogP contribution is 2.29. The number of carbonyl (C=O) groups excluding carboxylic acids is 1. The Labute approximate surface area is 159 Å². The molecule has 1 amide bonds. The SMILES string of the molecule is COc1nc(-c2cn[nH]n2)ccc1NC(=O)c1c(-c2ccccc2)noc1C. The van der Waals surface area contributed by atoms with Crippen LogP contribution in [0.3, 0.4) is 0 Å². The molecule has 0 saturated carbocycles. The Balaban J connectivity index is 1.65. The van der Waals surface area contributed by atoms with Crippen LogP contribution in [0.1, 0.15) is 16.1 Å². The van der Waals surface area contributed by atoms with E-state index in [2.05, 4.69) is 30.9 Å². The van der Waals surface area contributed by atoms with Gasteiger partial charge in [-0.3, -0.25) is 4.79 Å². The number of nitrogens with zero attached hydrogens (tertiary/aromatic N) is 4. The molecule has 28 heavy (non-hydrogen) atoms. The van der Waals surface area contributed by atoms with E-state index in [9.17, 15) is 4.79 Å². The van der Waals surface area contributed by atoms with Crippen molar-refractivity contribution in [3.63, 3.8) is 0 Å². The van der Waals surface area contributed by atoms with E-state index in [4.69, 9.17) is 9.26 Å². The standard InChI is InChI=1S/C19H16N6O3/c1-11-16(17(24-28-11)12-6-4-3-5-7-12)18(26)21-14-9-8-13(22-19(14)27-2)15-10-20-25-23-15/h3-10H,1-2H3,(H,21,26)(H,20,23,25). The highest BCUT2D eigenvalue weighted by atomic mass is 16.5. The van der Waals surface area contributed by atoms with Crippen molar-refractivity contribution < 1.29 is 14.1 Å². The number of amides is 1. The lowest BCUT2D eigenvalue weighted by atomic mass is 10.1. The summed E-state index contributed by atoms with van der Waals surface area (Å²) in [4.78, 5) is 17.3. The van der Waals surface area contributed by atoms with Crippen molar-refractivity contribution in [2.75, 3.05) is 12.4 Å². The van der Waals surface area contributed by atoms with Crippen molar-refractivity contribution in [1.29, 1.82) is 0 Å². The Morgan fingerprint density at radius 2 is 1.96 bits per heavy atom. The predicted molar refractivity (Wildman–Crippen MR) is 101 cm³/mol. The summed E-state index contributed by atoms with van der Waals surface area (Å²) >= 11 is 0. The number of ether oxygens (including phenoxy) is 1. The fourth-order valence-electron chi connectivity index (χ4n) is 2.78. The van der Waals surface area contributed by atoms with Crippen molar-refractivity contribution in [3.05, 3.63) is 60.0 Å². The highest BCUT2D eigenvalue weighted by Gasteiger charge is 2.23. The second-order valence-corrected chi connectivity index (χ2v) is 5.89. The lowest BCUT2D eigenvalue weighted by Crippen LogP contribution is -2.14. The maximum Gasteiger partial charge on any atom is 0.261 e. The van der Waals surface area contributed by atoms with Gasteiger partial charge in [-0.2, -0.15) is 15.4 Å². The molecule has 4 aromatic rings. The zero-order chi connectivity index (χ0) is 19.5. The Bertz CT molecular complexity index is 1110.